The lowest BCUT2D eigenvalue weighted by Crippen LogP contribution is -2.42. The van der Waals surface area contributed by atoms with Crippen molar-refractivity contribution in [1.82, 2.24) is 10.2 Å². The maximum absolute atomic E-state index is 12.2. The summed E-state index contributed by atoms with van der Waals surface area (Å²) in [4.78, 5) is 25.6. The Morgan fingerprint density at radius 3 is 2.42 bits per heavy atom. The first kappa shape index (κ1) is 20.8. The van der Waals surface area contributed by atoms with Gasteiger partial charge in [0.05, 0.1) is 25.3 Å². The maximum atomic E-state index is 12.2. The second-order valence-corrected chi connectivity index (χ2v) is 14.1. The van der Waals surface area contributed by atoms with Crippen molar-refractivity contribution in [3.05, 3.63) is 0 Å². The van der Waals surface area contributed by atoms with Gasteiger partial charge in [0.2, 0.25) is 0 Å². The molecular formula is C16H32N2O5Si. The lowest BCUT2D eigenvalue weighted by Gasteiger charge is -2.23. The van der Waals surface area contributed by atoms with Crippen LogP contribution in [0.4, 0.5) is 9.59 Å². The minimum Gasteiger partial charge on any atom is -0.450 e. The Bertz CT molecular complexity index is 445. The van der Waals surface area contributed by atoms with Crippen LogP contribution >= 0.6 is 0 Å². The SMILES string of the molecule is CC(C)(C)OC(=O)N[C@@H]1C[C@@H](CO)N(C(=O)OCC[Si](C)(C)C)C1. The quantitative estimate of drug-likeness (QED) is 0.735. The smallest absolute Gasteiger partial charge is 0.410 e. The Hall–Kier alpha value is -1.28. The third-order valence-electron chi connectivity index (χ3n) is 3.66. The molecule has 2 atom stereocenters. The number of aliphatic hydroxyl groups excluding tert-OH is 1. The Kier molecular flexibility index (Phi) is 7.09. The second-order valence-electron chi connectivity index (χ2n) is 8.49. The molecule has 2 N–H and O–H groups in total. The summed E-state index contributed by atoms with van der Waals surface area (Å²) >= 11 is 0. The molecule has 0 aromatic heterocycles. The average molecular weight is 361 g/mol. The van der Waals surface area contributed by atoms with Gasteiger partial charge in [-0.05, 0) is 33.2 Å². The van der Waals surface area contributed by atoms with Crippen LogP contribution in [0.3, 0.4) is 0 Å². The molecule has 1 aliphatic heterocycles. The Morgan fingerprint density at radius 1 is 1.29 bits per heavy atom. The summed E-state index contributed by atoms with van der Waals surface area (Å²) in [5.74, 6) is 0. The van der Waals surface area contributed by atoms with Gasteiger partial charge in [0.1, 0.15) is 5.60 Å². The van der Waals surface area contributed by atoms with Crippen LogP contribution < -0.4 is 5.32 Å². The summed E-state index contributed by atoms with van der Waals surface area (Å²) in [5, 5.41) is 12.2. The molecule has 0 unspecified atom stereocenters. The summed E-state index contributed by atoms with van der Waals surface area (Å²) in [6.07, 6.45) is -0.460. The molecule has 1 saturated heterocycles. The van der Waals surface area contributed by atoms with Crippen LogP contribution in [0.25, 0.3) is 0 Å². The monoisotopic (exact) mass is 360 g/mol. The van der Waals surface area contributed by atoms with Crippen LogP contribution in [0.1, 0.15) is 27.2 Å². The van der Waals surface area contributed by atoms with Gasteiger partial charge in [-0.1, -0.05) is 19.6 Å². The van der Waals surface area contributed by atoms with E-state index in [9.17, 15) is 14.7 Å². The highest BCUT2D eigenvalue weighted by Crippen LogP contribution is 2.20. The lowest BCUT2D eigenvalue weighted by molar-refractivity contribution is 0.0503. The van der Waals surface area contributed by atoms with Crippen molar-refractivity contribution in [2.45, 2.75) is 70.6 Å². The standard InChI is InChI=1S/C16H32N2O5Si/c1-16(2,3)23-14(20)17-12-9-13(11-19)18(10-12)15(21)22-7-8-24(4,5)6/h12-13,19H,7-11H2,1-6H3,(H,17,20)/t12-,13+/m1/s1. The number of amides is 2. The van der Waals surface area contributed by atoms with Crippen molar-refractivity contribution in [2.75, 3.05) is 19.8 Å². The van der Waals surface area contributed by atoms with E-state index in [0.717, 1.165) is 6.04 Å². The zero-order valence-electron chi connectivity index (χ0n) is 15.7. The number of alkyl carbamates (subject to hydrolysis) is 1. The van der Waals surface area contributed by atoms with Crippen molar-refractivity contribution < 1.29 is 24.2 Å². The fourth-order valence-corrected chi connectivity index (χ4v) is 3.13. The van der Waals surface area contributed by atoms with E-state index in [1.165, 1.54) is 4.90 Å². The first-order valence-electron chi connectivity index (χ1n) is 8.45. The first-order chi connectivity index (χ1) is 10.9. The largest absolute Gasteiger partial charge is 0.450 e. The predicted molar refractivity (Wildman–Crippen MR) is 94.9 cm³/mol. The minimum absolute atomic E-state index is 0.157. The highest BCUT2D eigenvalue weighted by molar-refractivity contribution is 6.76. The van der Waals surface area contributed by atoms with Gasteiger partial charge >= 0.3 is 12.2 Å². The van der Waals surface area contributed by atoms with E-state index < -0.39 is 25.9 Å². The van der Waals surface area contributed by atoms with E-state index in [2.05, 4.69) is 25.0 Å². The number of nitrogens with zero attached hydrogens (tertiary/aromatic N) is 1. The van der Waals surface area contributed by atoms with Crippen molar-refractivity contribution in [3.63, 3.8) is 0 Å². The van der Waals surface area contributed by atoms with Gasteiger partial charge in [-0.3, -0.25) is 0 Å². The van der Waals surface area contributed by atoms with E-state index >= 15 is 0 Å². The number of carbonyl (C=O) groups is 2. The molecule has 0 aliphatic carbocycles. The molecule has 140 valence electrons. The van der Waals surface area contributed by atoms with Gasteiger partial charge in [-0.2, -0.15) is 0 Å². The van der Waals surface area contributed by atoms with Gasteiger partial charge in [-0.15, -0.1) is 0 Å². The first-order valence-corrected chi connectivity index (χ1v) is 12.2. The maximum Gasteiger partial charge on any atom is 0.410 e. The van der Waals surface area contributed by atoms with Gasteiger partial charge < -0.3 is 24.8 Å². The fraction of sp³-hybridized carbons (Fsp3) is 0.875. The Morgan fingerprint density at radius 2 is 1.92 bits per heavy atom. The predicted octanol–water partition coefficient (Wildman–Crippen LogP) is 2.42. The summed E-state index contributed by atoms with van der Waals surface area (Å²) < 4.78 is 10.6. The number of hydrogen-bond donors (Lipinski definition) is 2. The van der Waals surface area contributed by atoms with E-state index in [4.69, 9.17) is 9.47 Å². The molecule has 1 aliphatic rings. The fourth-order valence-electron chi connectivity index (χ4n) is 2.42. The normalized spacial score (nSPS) is 21.5. The van der Waals surface area contributed by atoms with Gasteiger partial charge in [0, 0.05) is 14.6 Å². The molecule has 0 bridgehead atoms. The van der Waals surface area contributed by atoms with E-state index in [1.807, 2.05) is 0 Å². The Balaban J connectivity index is 2.51. The summed E-state index contributed by atoms with van der Waals surface area (Å²) in [6, 6.07) is 0.307. The Labute approximate surface area is 145 Å². The molecule has 0 saturated carbocycles. The van der Waals surface area contributed by atoms with Crippen LogP contribution in [-0.4, -0.2) is 67.7 Å². The molecule has 0 aromatic rings. The molecular weight excluding hydrogens is 328 g/mol. The molecule has 0 radical (unpaired) electrons. The number of rotatable bonds is 5. The summed E-state index contributed by atoms with van der Waals surface area (Å²) in [6.45, 7) is 12.6. The van der Waals surface area contributed by atoms with E-state index in [-0.39, 0.29) is 18.7 Å². The van der Waals surface area contributed by atoms with Crippen molar-refractivity contribution in [1.29, 1.82) is 0 Å². The highest BCUT2D eigenvalue weighted by Gasteiger charge is 2.37. The zero-order chi connectivity index (χ0) is 18.5. The third kappa shape index (κ3) is 7.52. The lowest BCUT2D eigenvalue weighted by atomic mass is 10.2. The molecule has 2 amide bonds. The molecule has 1 fully saturated rings. The molecule has 7 nitrogen and oxygen atoms in total. The van der Waals surface area contributed by atoms with Crippen LogP contribution in [0, 0.1) is 0 Å². The average Bonchev–Trinajstić information content (AvgIpc) is 2.77. The molecule has 1 rings (SSSR count). The molecule has 0 aromatic carbocycles. The van der Waals surface area contributed by atoms with Crippen molar-refractivity contribution in [2.24, 2.45) is 0 Å². The summed E-state index contributed by atoms with van der Waals surface area (Å²) in [5.41, 5.74) is -0.575. The number of nitrogens with one attached hydrogen (secondary N) is 1. The van der Waals surface area contributed by atoms with Gasteiger partial charge in [0.25, 0.3) is 0 Å². The molecule has 8 heteroatoms. The number of hydrogen-bond acceptors (Lipinski definition) is 5. The molecule has 0 spiro atoms. The van der Waals surface area contributed by atoms with E-state index in [0.29, 0.717) is 19.6 Å². The van der Waals surface area contributed by atoms with Gasteiger partial charge in [0.15, 0.2) is 0 Å². The zero-order valence-corrected chi connectivity index (χ0v) is 16.7. The number of ether oxygens (including phenoxy) is 2. The third-order valence-corrected chi connectivity index (χ3v) is 5.36. The van der Waals surface area contributed by atoms with E-state index in [1.54, 1.807) is 20.8 Å². The van der Waals surface area contributed by atoms with Crippen LogP contribution in [0.2, 0.25) is 25.7 Å². The van der Waals surface area contributed by atoms with Crippen LogP contribution in [-0.2, 0) is 9.47 Å². The summed E-state index contributed by atoms with van der Waals surface area (Å²) in [7, 11) is -1.27. The van der Waals surface area contributed by atoms with Crippen molar-refractivity contribution >= 4 is 20.3 Å². The van der Waals surface area contributed by atoms with Crippen molar-refractivity contribution in [3.8, 4) is 0 Å². The topological polar surface area (TPSA) is 88.1 Å². The van der Waals surface area contributed by atoms with Gasteiger partial charge in [-0.25, -0.2) is 9.59 Å². The highest BCUT2D eigenvalue weighted by atomic mass is 28.3. The number of carbonyl (C=O) groups excluding carboxylic acids is 2. The number of likely N-dealkylation sites (tertiary alicyclic amines) is 1. The number of aliphatic hydroxyl groups is 1. The molecule has 24 heavy (non-hydrogen) atoms. The van der Waals surface area contributed by atoms with Crippen LogP contribution in [0.5, 0.6) is 0 Å². The molecule has 1 heterocycles. The van der Waals surface area contributed by atoms with Crippen LogP contribution in [0.15, 0.2) is 0 Å². The minimum atomic E-state index is -1.27. The second kappa shape index (κ2) is 8.20.